The fourth-order valence-corrected chi connectivity index (χ4v) is 1.49. The van der Waals surface area contributed by atoms with Gasteiger partial charge in [0.2, 0.25) is 6.41 Å². The summed E-state index contributed by atoms with van der Waals surface area (Å²) < 4.78 is 0. The molecule has 0 saturated heterocycles. The molecule has 1 aromatic carbocycles. The number of aryl methyl sites for hydroxylation is 1. The van der Waals surface area contributed by atoms with Crippen molar-refractivity contribution in [1.82, 2.24) is 5.32 Å². The van der Waals surface area contributed by atoms with Crippen molar-refractivity contribution < 1.29 is 14.7 Å². The van der Waals surface area contributed by atoms with Crippen LogP contribution in [0, 0.1) is 6.92 Å². The van der Waals surface area contributed by atoms with Crippen molar-refractivity contribution >= 4 is 12.4 Å². The highest BCUT2D eigenvalue weighted by atomic mass is 16.4. The summed E-state index contributed by atoms with van der Waals surface area (Å²) in [5.41, 5.74) is 1.81. The molecule has 4 nitrogen and oxygen atoms in total. The highest BCUT2D eigenvalue weighted by Crippen LogP contribution is 2.19. The largest absolute Gasteiger partial charge is 0.481 e. The molecule has 0 aliphatic carbocycles. The van der Waals surface area contributed by atoms with E-state index in [1.807, 2.05) is 31.2 Å². The first-order valence-corrected chi connectivity index (χ1v) is 4.62. The number of carbonyl (C=O) groups excluding carboxylic acids is 1. The number of carbonyl (C=O) groups is 2. The molecule has 1 aromatic rings. The van der Waals surface area contributed by atoms with E-state index in [0.717, 1.165) is 11.1 Å². The molecule has 0 aliphatic heterocycles. The Morgan fingerprint density at radius 1 is 1.53 bits per heavy atom. The molecule has 2 N–H and O–H groups in total. The van der Waals surface area contributed by atoms with Gasteiger partial charge in [-0.2, -0.15) is 0 Å². The van der Waals surface area contributed by atoms with Crippen LogP contribution in [0.1, 0.15) is 23.6 Å². The van der Waals surface area contributed by atoms with Gasteiger partial charge in [-0.25, -0.2) is 0 Å². The van der Waals surface area contributed by atoms with Gasteiger partial charge >= 0.3 is 5.97 Å². The predicted molar refractivity (Wildman–Crippen MR) is 55.4 cm³/mol. The Balaban J connectivity index is 2.92. The van der Waals surface area contributed by atoms with Crippen LogP contribution < -0.4 is 5.32 Å². The number of carboxylic acid groups (broad SMARTS) is 1. The van der Waals surface area contributed by atoms with Gasteiger partial charge in [0.05, 0.1) is 12.5 Å². The van der Waals surface area contributed by atoms with Gasteiger partial charge in [0.15, 0.2) is 0 Å². The third-order valence-electron chi connectivity index (χ3n) is 2.21. The predicted octanol–water partition coefficient (Wildman–Crippen LogP) is 1.26. The molecule has 0 aromatic heterocycles. The average Bonchev–Trinajstić information content (AvgIpc) is 2.17. The van der Waals surface area contributed by atoms with Crippen LogP contribution in [0.2, 0.25) is 0 Å². The van der Waals surface area contributed by atoms with E-state index in [1.165, 1.54) is 0 Å². The Bertz CT molecular complexity index is 363. The van der Waals surface area contributed by atoms with Crippen molar-refractivity contribution in [1.29, 1.82) is 0 Å². The van der Waals surface area contributed by atoms with Crippen LogP contribution in [-0.4, -0.2) is 17.5 Å². The average molecular weight is 207 g/mol. The Labute approximate surface area is 87.9 Å². The molecular formula is C11H13NO3. The van der Waals surface area contributed by atoms with Gasteiger partial charge in [-0.05, 0) is 18.1 Å². The summed E-state index contributed by atoms with van der Waals surface area (Å²) >= 11 is 0. The molecule has 1 unspecified atom stereocenters. The number of aliphatic carboxylic acids is 1. The molecule has 0 aliphatic rings. The van der Waals surface area contributed by atoms with E-state index in [4.69, 9.17) is 5.11 Å². The molecule has 0 saturated carbocycles. The first kappa shape index (κ1) is 11.2. The lowest BCUT2D eigenvalue weighted by atomic mass is 9.99. The number of nitrogens with one attached hydrogen (secondary N) is 1. The molecule has 0 fully saturated rings. The summed E-state index contributed by atoms with van der Waals surface area (Å²) in [5.74, 6) is -0.933. The van der Waals surface area contributed by atoms with E-state index in [2.05, 4.69) is 5.32 Å². The quantitative estimate of drug-likeness (QED) is 0.714. The lowest BCUT2D eigenvalue weighted by Crippen LogP contribution is -2.23. The van der Waals surface area contributed by atoms with Gasteiger partial charge in [0.1, 0.15) is 0 Å². The molecular weight excluding hydrogens is 194 g/mol. The molecule has 0 spiro atoms. The Morgan fingerprint density at radius 3 is 2.73 bits per heavy atom. The first-order chi connectivity index (χ1) is 7.15. The van der Waals surface area contributed by atoms with Crippen LogP contribution >= 0.6 is 0 Å². The lowest BCUT2D eigenvalue weighted by molar-refractivity contribution is -0.137. The fraction of sp³-hybridized carbons (Fsp3) is 0.273. The van der Waals surface area contributed by atoms with E-state index >= 15 is 0 Å². The van der Waals surface area contributed by atoms with E-state index in [0.29, 0.717) is 6.41 Å². The number of benzene rings is 1. The minimum absolute atomic E-state index is 0.108. The highest BCUT2D eigenvalue weighted by molar-refractivity contribution is 5.68. The molecule has 0 radical (unpaired) electrons. The fourth-order valence-electron chi connectivity index (χ4n) is 1.49. The number of amides is 1. The van der Waals surface area contributed by atoms with E-state index in [-0.39, 0.29) is 6.42 Å². The molecule has 80 valence electrons. The van der Waals surface area contributed by atoms with Gasteiger partial charge in [-0.15, -0.1) is 0 Å². The lowest BCUT2D eigenvalue weighted by Gasteiger charge is -2.16. The Morgan fingerprint density at radius 2 is 2.20 bits per heavy atom. The van der Waals surface area contributed by atoms with Crippen LogP contribution in [0.3, 0.4) is 0 Å². The van der Waals surface area contributed by atoms with Crippen LogP contribution in [0.5, 0.6) is 0 Å². The monoisotopic (exact) mass is 207 g/mol. The molecule has 0 heterocycles. The summed E-state index contributed by atoms with van der Waals surface area (Å²) in [6, 6.07) is 6.94. The normalized spacial score (nSPS) is 11.8. The zero-order valence-corrected chi connectivity index (χ0v) is 8.43. The second kappa shape index (κ2) is 5.14. The molecule has 15 heavy (non-hydrogen) atoms. The van der Waals surface area contributed by atoms with Crippen molar-refractivity contribution in [3.8, 4) is 0 Å². The smallest absolute Gasteiger partial charge is 0.305 e. The summed E-state index contributed by atoms with van der Waals surface area (Å²) in [4.78, 5) is 21.0. The summed E-state index contributed by atoms with van der Waals surface area (Å²) in [7, 11) is 0. The van der Waals surface area contributed by atoms with Crippen LogP contribution in [0.4, 0.5) is 0 Å². The van der Waals surface area contributed by atoms with E-state index in [9.17, 15) is 9.59 Å². The molecule has 0 bridgehead atoms. The minimum atomic E-state index is -0.933. The molecule has 1 atom stereocenters. The first-order valence-electron chi connectivity index (χ1n) is 4.62. The number of hydrogen-bond donors (Lipinski definition) is 2. The topological polar surface area (TPSA) is 66.4 Å². The second-order valence-corrected chi connectivity index (χ2v) is 3.29. The van der Waals surface area contributed by atoms with Gasteiger partial charge in [-0.3, -0.25) is 9.59 Å². The number of hydrogen-bond acceptors (Lipinski definition) is 2. The van der Waals surface area contributed by atoms with E-state index < -0.39 is 12.0 Å². The van der Waals surface area contributed by atoms with Crippen LogP contribution in [0.15, 0.2) is 24.3 Å². The van der Waals surface area contributed by atoms with Gasteiger partial charge < -0.3 is 10.4 Å². The van der Waals surface area contributed by atoms with Crippen LogP contribution in [-0.2, 0) is 9.59 Å². The van der Waals surface area contributed by atoms with Crippen molar-refractivity contribution in [3.63, 3.8) is 0 Å². The van der Waals surface area contributed by atoms with Crippen LogP contribution in [0.25, 0.3) is 0 Å². The standard InChI is InChI=1S/C11H13NO3/c1-8-4-2-3-5-9(8)10(12-7-13)6-11(14)15/h2-5,7,10H,6H2,1H3,(H,12,13)(H,14,15). The molecule has 1 rings (SSSR count). The Hall–Kier alpha value is -1.84. The molecule has 1 amide bonds. The van der Waals surface area contributed by atoms with Crippen molar-refractivity contribution in [2.45, 2.75) is 19.4 Å². The number of carboxylic acids is 1. The highest BCUT2D eigenvalue weighted by Gasteiger charge is 2.15. The zero-order chi connectivity index (χ0) is 11.3. The van der Waals surface area contributed by atoms with Gasteiger partial charge in [0.25, 0.3) is 0 Å². The maximum atomic E-state index is 10.6. The summed E-state index contributed by atoms with van der Waals surface area (Å²) in [6.07, 6.45) is 0.420. The minimum Gasteiger partial charge on any atom is -0.481 e. The third kappa shape index (κ3) is 3.09. The Kier molecular flexibility index (Phi) is 3.85. The second-order valence-electron chi connectivity index (χ2n) is 3.29. The maximum absolute atomic E-state index is 10.6. The van der Waals surface area contributed by atoms with E-state index in [1.54, 1.807) is 0 Å². The van der Waals surface area contributed by atoms with Gasteiger partial charge in [-0.1, -0.05) is 24.3 Å². The zero-order valence-electron chi connectivity index (χ0n) is 8.43. The SMILES string of the molecule is Cc1ccccc1C(CC(=O)O)NC=O. The number of rotatable bonds is 5. The van der Waals surface area contributed by atoms with Crippen molar-refractivity contribution in [2.24, 2.45) is 0 Å². The van der Waals surface area contributed by atoms with Crippen molar-refractivity contribution in [2.75, 3.05) is 0 Å². The summed E-state index contributed by atoms with van der Waals surface area (Å²) in [6.45, 7) is 1.89. The van der Waals surface area contributed by atoms with Crippen molar-refractivity contribution in [3.05, 3.63) is 35.4 Å². The summed E-state index contributed by atoms with van der Waals surface area (Å²) in [5, 5.41) is 11.2. The molecule has 4 heteroatoms. The maximum Gasteiger partial charge on any atom is 0.305 e. The van der Waals surface area contributed by atoms with Gasteiger partial charge in [0, 0.05) is 0 Å². The third-order valence-corrected chi connectivity index (χ3v) is 2.21.